The van der Waals surface area contributed by atoms with Crippen LogP contribution < -0.4 is 0 Å². The van der Waals surface area contributed by atoms with Gasteiger partial charge in [-0.05, 0) is 48.4 Å². The molecule has 2 aliphatic carbocycles. The van der Waals surface area contributed by atoms with Crippen LogP contribution in [0.25, 0.3) is 0 Å². The summed E-state index contributed by atoms with van der Waals surface area (Å²) in [5, 5.41) is 9.42. The number of aryl methyl sites for hydroxylation is 1. The predicted molar refractivity (Wildman–Crippen MR) is 95.9 cm³/mol. The Bertz CT molecular complexity index is 762. The molecule has 1 N–H and O–H groups in total. The van der Waals surface area contributed by atoms with Crippen molar-refractivity contribution in [2.24, 2.45) is 5.92 Å². The molecule has 4 rings (SSSR count). The number of benzene rings is 1. The van der Waals surface area contributed by atoms with Gasteiger partial charge in [0.05, 0.1) is 6.61 Å². The SMILES string of the molecule is O=C([C@@H]1C[C@@]12CCCc1ccccc12)N(CCO)Cc1cccnc1. The van der Waals surface area contributed by atoms with Gasteiger partial charge in [-0.1, -0.05) is 30.3 Å². The number of hydrogen-bond acceptors (Lipinski definition) is 3. The molecule has 0 bridgehead atoms. The van der Waals surface area contributed by atoms with E-state index in [2.05, 4.69) is 29.2 Å². The van der Waals surface area contributed by atoms with Crippen LogP contribution in [0.2, 0.25) is 0 Å². The second kappa shape index (κ2) is 6.60. The van der Waals surface area contributed by atoms with Gasteiger partial charge in [0.15, 0.2) is 0 Å². The number of amides is 1. The Labute approximate surface area is 148 Å². The summed E-state index contributed by atoms with van der Waals surface area (Å²) in [5.74, 6) is 0.228. The van der Waals surface area contributed by atoms with Crippen molar-refractivity contribution in [3.8, 4) is 0 Å². The van der Waals surface area contributed by atoms with Crippen LogP contribution in [0.1, 0.15) is 36.0 Å². The van der Waals surface area contributed by atoms with Gasteiger partial charge < -0.3 is 10.0 Å². The number of carbonyl (C=O) groups is 1. The van der Waals surface area contributed by atoms with Crippen molar-refractivity contribution < 1.29 is 9.90 Å². The van der Waals surface area contributed by atoms with E-state index in [-0.39, 0.29) is 23.8 Å². The number of aliphatic hydroxyl groups excluding tert-OH is 1. The van der Waals surface area contributed by atoms with E-state index in [1.165, 1.54) is 11.1 Å². The average molecular weight is 336 g/mol. The molecule has 0 saturated heterocycles. The lowest BCUT2D eigenvalue weighted by molar-refractivity contribution is -0.134. The second-order valence-electron chi connectivity index (χ2n) is 7.27. The highest BCUT2D eigenvalue weighted by molar-refractivity contribution is 5.85. The van der Waals surface area contributed by atoms with Gasteiger partial charge in [0.2, 0.25) is 5.91 Å². The minimum Gasteiger partial charge on any atom is -0.395 e. The van der Waals surface area contributed by atoms with Crippen LogP contribution in [0.4, 0.5) is 0 Å². The van der Waals surface area contributed by atoms with Gasteiger partial charge in [0.25, 0.3) is 0 Å². The third kappa shape index (κ3) is 2.95. The lowest BCUT2D eigenvalue weighted by Gasteiger charge is -2.28. The van der Waals surface area contributed by atoms with Crippen molar-refractivity contribution in [1.29, 1.82) is 0 Å². The van der Waals surface area contributed by atoms with Crippen LogP contribution in [-0.4, -0.2) is 34.0 Å². The molecule has 25 heavy (non-hydrogen) atoms. The van der Waals surface area contributed by atoms with Crippen molar-refractivity contribution >= 4 is 5.91 Å². The zero-order chi connectivity index (χ0) is 17.3. The fourth-order valence-corrected chi connectivity index (χ4v) is 4.48. The first-order valence-electron chi connectivity index (χ1n) is 9.11. The lowest BCUT2D eigenvalue weighted by atomic mass is 9.78. The molecule has 4 heteroatoms. The molecule has 1 aromatic heterocycles. The summed E-state index contributed by atoms with van der Waals surface area (Å²) in [6.07, 6.45) is 7.84. The topological polar surface area (TPSA) is 53.4 Å². The van der Waals surface area contributed by atoms with Crippen LogP contribution in [0.5, 0.6) is 0 Å². The summed E-state index contributed by atoms with van der Waals surface area (Å²) in [5.41, 5.74) is 3.83. The molecule has 0 radical (unpaired) electrons. The summed E-state index contributed by atoms with van der Waals surface area (Å²) < 4.78 is 0. The number of aromatic nitrogens is 1. The van der Waals surface area contributed by atoms with Gasteiger partial charge in [-0.25, -0.2) is 0 Å². The Morgan fingerprint density at radius 2 is 2.16 bits per heavy atom. The second-order valence-corrected chi connectivity index (χ2v) is 7.27. The van der Waals surface area contributed by atoms with Gasteiger partial charge in [-0.15, -0.1) is 0 Å². The lowest BCUT2D eigenvalue weighted by Crippen LogP contribution is -2.36. The zero-order valence-corrected chi connectivity index (χ0v) is 14.4. The van der Waals surface area contributed by atoms with E-state index >= 15 is 0 Å². The van der Waals surface area contributed by atoms with Crippen LogP contribution in [-0.2, 0) is 23.2 Å². The van der Waals surface area contributed by atoms with Crippen molar-refractivity contribution in [2.45, 2.75) is 37.6 Å². The van der Waals surface area contributed by atoms with E-state index in [4.69, 9.17) is 0 Å². The highest BCUT2D eigenvalue weighted by atomic mass is 16.3. The average Bonchev–Trinajstić information content (AvgIpc) is 3.37. The van der Waals surface area contributed by atoms with Gasteiger partial charge in [-0.3, -0.25) is 9.78 Å². The number of hydrogen-bond donors (Lipinski definition) is 1. The smallest absolute Gasteiger partial charge is 0.226 e. The summed E-state index contributed by atoms with van der Waals surface area (Å²) in [7, 11) is 0. The number of aliphatic hydroxyl groups is 1. The molecular weight excluding hydrogens is 312 g/mol. The molecule has 2 atom stereocenters. The van der Waals surface area contributed by atoms with Crippen molar-refractivity contribution in [2.75, 3.05) is 13.2 Å². The quantitative estimate of drug-likeness (QED) is 0.913. The largest absolute Gasteiger partial charge is 0.395 e. The van der Waals surface area contributed by atoms with E-state index in [0.29, 0.717) is 13.1 Å². The van der Waals surface area contributed by atoms with Crippen LogP contribution >= 0.6 is 0 Å². The van der Waals surface area contributed by atoms with E-state index in [1.54, 1.807) is 17.3 Å². The minimum absolute atomic E-state index is 0.0116. The Balaban J connectivity index is 1.55. The third-order valence-electron chi connectivity index (χ3n) is 5.77. The molecule has 1 amide bonds. The number of fused-ring (bicyclic) bond motifs is 2. The molecule has 1 fully saturated rings. The Morgan fingerprint density at radius 1 is 1.28 bits per heavy atom. The van der Waals surface area contributed by atoms with Crippen molar-refractivity contribution in [1.82, 2.24) is 9.88 Å². The molecule has 4 nitrogen and oxygen atoms in total. The Morgan fingerprint density at radius 3 is 2.96 bits per heavy atom. The molecule has 1 aromatic carbocycles. The first-order valence-corrected chi connectivity index (χ1v) is 9.11. The summed E-state index contributed by atoms with van der Waals surface area (Å²) in [6.45, 7) is 0.881. The summed E-state index contributed by atoms with van der Waals surface area (Å²) in [4.78, 5) is 19.1. The van der Waals surface area contributed by atoms with Gasteiger partial charge in [0.1, 0.15) is 0 Å². The zero-order valence-electron chi connectivity index (χ0n) is 14.4. The number of pyridine rings is 1. The van der Waals surface area contributed by atoms with Crippen LogP contribution in [0.3, 0.4) is 0 Å². The highest BCUT2D eigenvalue weighted by Gasteiger charge is 2.60. The molecule has 1 saturated carbocycles. The molecular formula is C21H24N2O2. The van der Waals surface area contributed by atoms with Gasteiger partial charge in [0, 0.05) is 36.8 Å². The number of nitrogens with zero attached hydrogens (tertiary/aromatic N) is 2. The Hall–Kier alpha value is -2.20. The minimum atomic E-state index is -0.0116. The summed E-state index contributed by atoms with van der Waals surface area (Å²) >= 11 is 0. The first-order chi connectivity index (χ1) is 12.2. The standard InChI is InChI=1S/C21H24N2O2/c24-12-11-23(15-16-5-4-10-22-14-16)20(25)19-13-21(19)9-3-7-17-6-1-2-8-18(17)21/h1-2,4-6,8,10,14,19,24H,3,7,9,11-13,15H2/t19-,21+/m0/s1. The fraction of sp³-hybridized carbons (Fsp3) is 0.429. The fourth-order valence-electron chi connectivity index (χ4n) is 4.48. The molecule has 130 valence electrons. The Kier molecular flexibility index (Phi) is 4.30. The maximum Gasteiger partial charge on any atom is 0.226 e. The number of rotatable bonds is 5. The van der Waals surface area contributed by atoms with E-state index in [0.717, 1.165) is 31.2 Å². The van der Waals surface area contributed by atoms with Gasteiger partial charge in [-0.2, -0.15) is 0 Å². The molecule has 2 aliphatic rings. The van der Waals surface area contributed by atoms with Crippen LogP contribution in [0, 0.1) is 5.92 Å². The molecule has 2 aromatic rings. The van der Waals surface area contributed by atoms with Crippen LogP contribution in [0.15, 0.2) is 48.8 Å². The van der Waals surface area contributed by atoms with Crippen molar-refractivity contribution in [3.63, 3.8) is 0 Å². The maximum absolute atomic E-state index is 13.2. The molecule has 1 heterocycles. The van der Waals surface area contributed by atoms with E-state index in [1.807, 2.05) is 12.1 Å². The predicted octanol–water partition coefficient (Wildman–Crippen LogP) is 2.70. The molecule has 0 unspecified atom stereocenters. The summed E-state index contributed by atoms with van der Waals surface area (Å²) in [6, 6.07) is 12.5. The maximum atomic E-state index is 13.2. The molecule has 0 aliphatic heterocycles. The third-order valence-corrected chi connectivity index (χ3v) is 5.77. The monoisotopic (exact) mass is 336 g/mol. The normalized spacial score (nSPS) is 24.0. The van der Waals surface area contributed by atoms with Gasteiger partial charge >= 0.3 is 0 Å². The first kappa shape index (κ1) is 16.3. The number of carbonyl (C=O) groups excluding carboxylic acids is 1. The van der Waals surface area contributed by atoms with Crippen molar-refractivity contribution in [3.05, 3.63) is 65.5 Å². The highest BCUT2D eigenvalue weighted by Crippen LogP contribution is 2.60. The molecule has 1 spiro atoms. The van der Waals surface area contributed by atoms with E-state index in [9.17, 15) is 9.90 Å². The van der Waals surface area contributed by atoms with E-state index < -0.39 is 0 Å².